The van der Waals surface area contributed by atoms with E-state index in [9.17, 15) is 0 Å². The number of hydrogen-bond donors (Lipinski definition) is 0. The predicted octanol–water partition coefficient (Wildman–Crippen LogP) is 8.49. The summed E-state index contributed by atoms with van der Waals surface area (Å²) in [5, 5.41) is 5.11. The second kappa shape index (κ2) is 7.22. The van der Waals surface area contributed by atoms with Crippen molar-refractivity contribution in [2.45, 2.75) is 0 Å². The minimum absolute atomic E-state index is 1.18. The number of hydrogen-bond acceptors (Lipinski definition) is 0. The molecule has 0 aliphatic rings. The molecule has 3 heteroatoms. The Labute approximate surface area is 204 Å². The molecule has 0 saturated carbocycles. The van der Waals surface area contributed by atoms with Crippen LogP contribution in [0.15, 0.2) is 115 Å². The van der Waals surface area contributed by atoms with Gasteiger partial charge in [0.05, 0.1) is 22.1 Å². The molecule has 0 unspecified atom stereocenters. The van der Waals surface area contributed by atoms with Crippen LogP contribution in [0.1, 0.15) is 0 Å². The fraction of sp³-hybridized carbons (Fsp3) is 0. The van der Waals surface area contributed by atoms with Crippen LogP contribution >= 0.6 is 22.6 Å². The van der Waals surface area contributed by atoms with E-state index in [1.165, 1.54) is 58.6 Å². The summed E-state index contributed by atoms with van der Waals surface area (Å²) >= 11 is 2.42. The summed E-state index contributed by atoms with van der Waals surface area (Å²) in [5.74, 6) is 0. The fourth-order valence-corrected chi connectivity index (χ4v) is 5.71. The highest BCUT2D eigenvalue weighted by Crippen LogP contribution is 2.41. The van der Waals surface area contributed by atoms with Gasteiger partial charge < -0.3 is 9.13 Å². The van der Waals surface area contributed by atoms with Crippen LogP contribution in [-0.2, 0) is 0 Å². The van der Waals surface area contributed by atoms with Crippen molar-refractivity contribution in [1.29, 1.82) is 0 Å². The Morgan fingerprint density at radius 1 is 0.424 bits per heavy atom. The van der Waals surface area contributed by atoms with E-state index in [1.807, 2.05) is 0 Å². The molecule has 0 aliphatic carbocycles. The zero-order valence-electron chi connectivity index (χ0n) is 17.7. The van der Waals surface area contributed by atoms with Gasteiger partial charge in [-0.15, -0.1) is 0 Å². The van der Waals surface area contributed by atoms with E-state index in [0.29, 0.717) is 0 Å². The quantitative estimate of drug-likeness (QED) is 0.197. The molecule has 2 heterocycles. The van der Waals surface area contributed by atoms with E-state index in [2.05, 4.69) is 147 Å². The first-order valence-electron chi connectivity index (χ1n) is 11.1. The van der Waals surface area contributed by atoms with Crippen LogP contribution in [-0.4, -0.2) is 9.13 Å². The van der Waals surface area contributed by atoms with Crippen molar-refractivity contribution in [2.75, 3.05) is 0 Å². The van der Waals surface area contributed by atoms with Gasteiger partial charge in [-0.05, 0) is 71.1 Å². The fourth-order valence-electron chi connectivity index (χ4n) is 5.21. The lowest BCUT2D eigenvalue weighted by atomic mass is 10.1. The monoisotopic (exact) mass is 534 g/mol. The summed E-state index contributed by atoms with van der Waals surface area (Å²) in [6.45, 7) is 0. The molecule has 0 saturated heterocycles. The van der Waals surface area contributed by atoms with Gasteiger partial charge in [0, 0.05) is 36.5 Å². The molecule has 0 fully saturated rings. The van der Waals surface area contributed by atoms with Crippen molar-refractivity contribution >= 4 is 66.2 Å². The van der Waals surface area contributed by atoms with E-state index in [-0.39, 0.29) is 0 Å². The normalized spacial score (nSPS) is 11.8. The average Bonchev–Trinajstić information content (AvgIpc) is 3.38. The number of fused-ring (bicyclic) bond motifs is 7. The summed E-state index contributed by atoms with van der Waals surface area (Å²) in [5.41, 5.74) is 7.30. The van der Waals surface area contributed by atoms with Crippen molar-refractivity contribution in [3.63, 3.8) is 0 Å². The van der Waals surface area contributed by atoms with Crippen molar-refractivity contribution in [2.24, 2.45) is 0 Å². The number of aromatic nitrogens is 2. The van der Waals surface area contributed by atoms with Crippen molar-refractivity contribution in [3.8, 4) is 11.4 Å². The van der Waals surface area contributed by atoms with E-state index in [1.54, 1.807) is 0 Å². The summed E-state index contributed by atoms with van der Waals surface area (Å²) in [6.07, 6.45) is 0. The van der Waals surface area contributed by atoms with E-state index >= 15 is 0 Å². The minimum atomic E-state index is 1.18. The van der Waals surface area contributed by atoms with Crippen LogP contribution in [0, 0.1) is 3.57 Å². The molecule has 0 amide bonds. The first-order valence-corrected chi connectivity index (χ1v) is 12.2. The summed E-state index contributed by atoms with van der Waals surface area (Å²) < 4.78 is 6.11. The second-order valence-corrected chi connectivity index (χ2v) is 9.62. The van der Waals surface area contributed by atoms with Crippen molar-refractivity contribution < 1.29 is 0 Å². The third-order valence-electron chi connectivity index (χ3n) is 6.55. The van der Waals surface area contributed by atoms with Crippen LogP contribution < -0.4 is 0 Å². The maximum atomic E-state index is 2.43. The molecule has 0 bridgehead atoms. The molecule has 156 valence electrons. The van der Waals surface area contributed by atoms with Gasteiger partial charge in [-0.2, -0.15) is 0 Å². The topological polar surface area (TPSA) is 9.86 Å². The Morgan fingerprint density at radius 3 is 1.58 bits per heavy atom. The average molecular weight is 534 g/mol. The van der Waals surface area contributed by atoms with Gasteiger partial charge in [-0.1, -0.05) is 66.7 Å². The standard InChI is InChI=1S/C30H19IN2/c31-20-15-18-28-26(19-20)25-17-16-24-23-13-7-8-14-27(23)32(21-9-3-1-4-10-21)29(24)30(25)33(28)22-11-5-2-6-12-22/h1-19H. The number of nitrogens with zero attached hydrogens (tertiary/aromatic N) is 2. The number of benzene rings is 5. The van der Waals surface area contributed by atoms with Gasteiger partial charge in [0.1, 0.15) is 0 Å². The Bertz CT molecular complexity index is 1810. The highest BCUT2D eigenvalue weighted by Gasteiger charge is 2.20. The van der Waals surface area contributed by atoms with Crippen LogP contribution in [0.4, 0.5) is 0 Å². The van der Waals surface area contributed by atoms with Crippen LogP contribution in [0.2, 0.25) is 0 Å². The zero-order valence-corrected chi connectivity index (χ0v) is 19.9. The van der Waals surface area contributed by atoms with Crippen LogP contribution in [0.25, 0.3) is 55.0 Å². The molecule has 0 aliphatic heterocycles. The van der Waals surface area contributed by atoms with Crippen LogP contribution in [0.5, 0.6) is 0 Å². The Hall–Kier alpha value is -3.57. The minimum Gasteiger partial charge on any atom is -0.307 e. The molecule has 7 rings (SSSR count). The number of rotatable bonds is 2. The molecule has 33 heavy (non-hydrogen) atoms. The Kier molecular flexibility index (Phi) is 4.15. The van der Waals surface area contributed by atoms with Gasteiger partial charge in [-0.25, -0.2) is 0 Å². The first kappa shape index (κ1) is 18.9. The largest absolute Gasteiger partial charge is 0.307 e. The van der Waals surface area contributed by atoms with Crippen LogP contribution in [0.3, 0.4) is 0 Å². The van der Waals surface area contributed by atoms with Gasteiger partial charge >= 0.3 is 0 Å². The third-order valence-corrected chi connectivity index (χ3v) is 7.22. The molecule has 5 aromatic carbocycles. The molecule has 0 spiro atoms. The SMILES string of the molecule is Ic1ccc2c(c1)c1ccc3c4ccccc4n(-c4ccccc4)c3c1n2-c1ccccc1. The highest BCUT2D eigenvalue weighted by molar-refractivity contribution is 14.1. The lowest BCUT2D eigenvalue weighted by Gasteiger charge is -2.12. The van der Waals surface area contributed by atoms with Gasteiger partial charge in [-0.3, -0.25) is 0 Å². The molecule has 7 aromatic rings. The molecule has 0 radical (unpaired) electrons. The maximum Gasteiger partial charge on any atom is 0.0788 e. The lowest BCUT2D eigenvalue weighted by molar-refractivity contribution is 1.15. The zero-order chi connectivity index (χ0) is 21.9. The first-order chi connectivity index (χ1) is 16.3. The molecule has 2 nitrogen and oxygen atoms in total. The molecule has 2 aromatic heterocycles. The van der Waals surface area contributed by atoms with E-state index < -0.39 is 0 Å². The lowest BCUT2D eigenvalue weighted by Crippen LogP contribution is -1.98. The Morgan fingerprint density at radius 2 is 0.939 bits per heavy atom. The van der Waals surface area contributed by atoms with E-state index in [0.717, 1.165) is 0 Å². The highest BCUT2D eigenvalue weighted by atomic mass is 127. The van der Waals surface area contributed by atoms with Crippen molar-refractivity contribution in [1.82, 2.24) is 9.13 Å². The number of para-hydroxylation sites is 3. The second-order valence-electron chi connectivity index (χ2n) is 8.38. The predicted molar refractivity (Wildman–Crippen MR) is 148 cm³/mol. The number of halogens is 1. The molecular weight excluding hydrogens is 515 g/mol. The molecule has 0 N–H and O–H groups in total. The summed E-state index contributed by atoms with van der Waals surface area (Å²) in [7, 11) is 0. The van der Waals surface area contributed by atoms with Gasteiger partial charge in [0.2, 0.25) is 0 Å². The van der Waals surface area contributed by atoms with E-state index in [4.69, 9.17) is 0 Å². The van der Waals surface area contributed by atoms with Gasteiger partial charge in [0.15, 0.2) is 0 Å². The van der Waals surface area contributed by atoms with Crippen molar-refractivity contribution in [3.05, 3.63) is 119 Å². The summed E-state index contributed by atoms with van der Waals surface area (Å²) in [4.78, 5) is 0. The Balaban J connectivity index is 1.80. The molecule has 0 atom stereocenters. The van der Waals surface area contributed by atoms with Gasteiger partial charge in [0.25, 0.3) is 0 Å². The third kappa shape index (κ3) is 2.72. The smallest absolute Gasteiger partial charge is 0.0788 e. The maximum absolute atomic E-state index is 2.43. The molecular formula is C30H19IN2. The summed E-state index contributed by atoms with van der Waals surface area (Å²) in [6, 6.07) is 41.5.